The van der Waals surface area contributed by atoms with Gasteiger partial charge in [0.05, 0.1) is 40.8 Å². The summed E-state index contributed by atoms with van der Waals surface area (Å²) in [6, 6.07) is 6.41. The second-order valence-electron chi connectivity index (χ2n) is 6.48. The molecule has 7 heteroatoms. The Balaban J connectivity index is 2.25. The fraction of sp³-hybridized carbons (Fsp3) is 0.278. The van der Waals surface area contributed by atoms with Crippen LogP contribution >= 0.6 is 11.6 Å². The van der Waals surface area contributed by atoms with E-state index >= 15 is 0 Å². The van der Waals surface area contributed by atoms with Crippen molar-refractivity contribution in [3.8, 4) is 0 Å². The lowest BCUT2D eigenvalue weighted by Gasteiger charge is -2.20. The summed E-state index contributed by atoms with van der Waals surface area (Å²) in [4.78, 5) is 28.0. The van der Waals surface area contributed by atoms with E-state index in [1.165, 1.54) is 13.3 Å². The second kappa shape index (κ2) is 7.53. The number of carbonyl (C=O) groups excluding carboxylic acids is 2. The molecular formula is C18H20ClN3O3. The van der Waals surface area contributed by atoms with Gasteiger partial charge in [0.1, 0.15) is 0 Å². The Hall–Kier alpha value is -2.60. The molecule has 0 atom stereocenters. The zero-order valence-electron chi connectivity index (χ0n) is 14.5. The predicted molar refractivity (Wildman–Crippen MR) is 97.5 cm³/mol. The third-order valence-electron chi connectivity index (χ3n) is 3.16. The number of nitrogens with one attached hydrogen (secondary N) is 2. The van der Waals surface area contributed by atoms with Crippen molar-refractivity contribution < 1.29 is 14.3 Å². The van der Waals surface area contributed by atoms with Crippen molar-refractivity contribution in [2.75, 3.05) is 12.4 Å². The smallest absolute Gasteiger partial charge is 0.337 e. The summed E-state index contributed by atoms with van der Waals surface area (Å²) in [6.07, 6.45) is 3.05. The Morgan fingerprint density at radius 3 is 2.48 bits per heavy atom. The average molecular weight is 362 g/mol. The first-order chi connectivity index (χ1) is 11.7. The van der Waals surface area contributed by atoms with E-state index < -0.39 is 5.97 Å². The number of halogens is 1. The van der Waals surface area contributed by atoms with Crippen LogP contribution in [0, 0.1) is 0 Å². The molecule has 2 N–H and O–H groups in total. The summed E-state index contributed by atoms with van der Waals surface area (Å²) in [5, 5.41) is 6.37. The van der Waals surface area contributed by atoms with Gasteiger partial charge in [-0.05, 0) is 45.0 Å². The average Bonchev–Trinajstić information content (AvgIpc) is 2.55. The van der Waals surface area contributed by atoms with Crippen molar-refractivity contribution in [1.29, 1.82) is 0 Å². The molecule has 1 aromatic heterocycles. The summed E-state index contributed by atoms with van der Waals surface area (Å²) in [5.74, 6) is -0.686. The number of ether oxygens (including phenoxy) is 1. The first kappa shape index (κ1) is 18.7. The van der Waals surface area contributed by atoms with Gasteiger partial charge in [-0.15, -0.1) is 0 Å². The van der Waals surface area contributed by atoms with Crippen LogP contribution in [0.1, 0.15) is 41.5 Å². The summed E-state index contributed by atoms with van der Waals surface area (Å²) in [6.45, 7) is 5.70. The maximum Gasteiger partial charge on any atom is 0.337 e. The lowest BCUT2D eigenvalue weighted by Crippen LogP contribution is -2.40. The maximum atomic E-state index is 12.2. The van der Waals surface area contributed by atoms with Crippen LogP contribution in [0.3, 0.4) is 0 Å². The van der Waals surface area contributed by atoms with Crippen molar-refractivity contribution in [2.24, 2.45) is 0 Å². The molecule has 0 saturated carbocycles. The van der Waals surface area contributed by atoms with E-state index in [-0.39, 0.29) is 11.4 Å². The molecule has 0 aliphatic rings. The van der Waals surface area contributed by atoms with Gasteiger partial charge in [-0.25, -0.2) is 4.79 Å². The molecule has 2 aromatic rings. The first-order valence-corrected chi connectivity index (χ1v) is 8.00. The molecule has 0 radical (unpaired) electrons. The van der Waals surface area contributed by atoms with E-state index in [0.717, 1.165) is 0 Å². The van der Waals surface area contributed by atoms with E-state index in [0.29, 0.717) is 27.5 Å². The van der Waals surface area contributed by atoms with Gasteiger partial charge in [0.25, 0.3) is 5.91 Å². The monoisotopic (exact) mass is 361 g/mol. The lowest BCUT2D eigenvalue weighted by molar-refractivity contribution is 0.0600. The summed E-state index contributed by atoms with van der Waals surface area (Å²) in [7, 11) is 1.31. The fourth-order valence-corrected chi connectivity index (χ4v) is 2.23. The highest BCUT2D eigenvalue weighted by atomic mass is 35.5. The minimum absolute atomic E-state index is 0.224. The molecule has 0 unspecified atom stereocenters. The molecular weight excluding hydrogens is 342 g/mol. The van der Waals surface area contributed by atoms with Crippen molar-refractivity contribution in [3.05, 3.63) is 52.8 Å². The number of aromatic nitrogens is 1. The Morgan fingerprint density at radius 2 is 1.84 bits per heavy atom. The number of hydrogen-bond acceptors (Lipinski definition) is 5. The van der Waals surface area contributed by atoms with Crippen LogP contribution in [0.25, 0.3) is 0 Å². The van der Waals surface area contributed by atoms with Gasteiger partial charge in [0, 0.05) is 11.7 Å². The fourth-order valence-electron chi connectivity index (χ4n) is 2.07. The molecule has 1 amide bonds. The number of nitrogens with zero attached hydrogens (tertiary/aromatic N) is 1. The van der Waals surface area contributed by atoms with Crippen LogP contribution in [-0.4, -0.2) is 29.5 Å². The molecule has 0 saturated heterocycles. The van der Waals surface area contributed by atoms with Gasteiger partial charge in [-0.2, -0.15) is 0 Å². The van der Waals surface area contributed by atoms with E-state index in [1.54, 1.807) is 30.5 Å². The van der Waals surface area contributed by atoms with Crippen LogP contribution in [0.4, 0.5) is 11.4 Å². The predicted octanol–water partition coefficient (Wildman–Crippen LogP) is 3.79. The SMILES string of the molecule is COC(=O)c1ccc(Cl)c(Nc2cncc(C(=O)NC(C)(C)C)c2)c1. The second-order valence-corrected chi connectivity index (χ2v) is 6.88. The number of amides is 1. The summed E-state index contributed by atoms with van der Waals surface area (Å²) < 4.78 is 4.70. The first-order valence-electron chi connectivity index (χ1n) is 7.62. The number of benzene rings is 1. The molecule has 25 heavy (non-hydrogen) atoms. The molecule has 0 aliphatic carbocycles. The minimum Gasteiger partial charge on any atom is -0.465 e. The van der Waals surface area contributed by atoms with Gasteiger partial charge in [0.2, 0.25) is 0 Å². The van der Waals surface area contributed by atoms with Crippen LogP contribution in [0.2, 0.25) is 5.02 Å². The van der Waals surface area contributed by atoms with Crippen LogP contribution in [0.5, 0.6) is 0 Å². The van der Waals surface area contributed by atoms with Gasteiger partial charge in [0.15, 0.2) is 0 Å². The topological polar surface area (TPSA) is 80.3 Å². The third-order valence-corrected chi connectivity index (χ3v) is 3.49. The highest BCUT2D eigenvalue weighted by Gasteiger charge is 2.16. The molecule has 0 spiro atoms. The number of esters is 1. The molecule has 0 fully saturated rings. The van der Waals surface area contributed by atoms with Crippen molar-refractivity contribution in [3.63, 3.8) is 0 Å². The molecule has 0 aliphatic heterocycles. The molecule has 1 heterocycles. The number of hydrogen-bond donors (Lipinski definition) is 2. The van der Waals surface area contributed by atoms with E-state index in [4.69, 9.17) is 16.3 Å². The molecule has 1 aromatic carbocycles. The Labute approximate surface area is 151 Å². The highest BCUT2D eigenvalue weighted by Crippen LogP contribution is 2.27. The normalized spacial score (nSPS) is 10.9. The van der Waals surface area contributed by atoms with Gasteiger partial charge in [-0.1, -0.05) is 11.6 Å². The largest absolute Gasteiger partial charge is 0.465 e. The molecule has 2 rings (SSSR count). The van der Waals surface area contributed by atoms with Crippen molar-refractivity contribution in [1.82, 2.24) is 10.3 Å². The van der Waals surface area contributed by atoms with Crippen LogP contribution in [-0.2, 0) is 4.74 Å². The van der Waals surface area contributed by atoms with Gasteiger partial charge in [-0.3, -0.25) is 9.78 Å². The van der Waals surface area contributed by atoms with Gasteiger partial charge >= 0.3 is 5.97 Å². The number of rotatable bonds is 4. The van der Waals surface area contributed by atoms with Crippen molar-refractivity contribution >= 4 is 34.9 Å². The highest BCUT2D eigenvalue weighted by molar-refractivity contribution is 6.33. The zero-order valence-corrected chi connectivity index (χ0v) is 15.3. The minimum atomic E-state index is -0.462. The third kappa shape index (κ3) is 5.19. The van der Waals surface area contributed by atoms with E-state index in [9.17, 15) is 9.59 Å². The standard InChI is InChI=1S/C18H20ClN3O3/c1-18(2,3)22-16(23)12-7-13(10-20-9-12)21-15-8-11(17(24)25-4)5-6-14(15)19/h5-10,21H,1-4H3,(H,22,23). The van der Waals surface area contributed by atoms with E-state index in [2.05, 4.69) is 15.6 Å². The molecule has 132 valence electrons. The van der Waals surface area contributed by atoms with Crippen molar-refractivity contribution in [2.45, 2.75) is 26.3 Å². The quantitative estimate of drug-likeness (QED) is 0.810. The Morgan fingerprint density at radius 1 is 1.12 bits per heavy atom. The number of methoxy groups -OCH3 is 1. The number of anilines is 2. The molecule has 0 bridgehead atoms. The maximum absolute atomic E-state index is 12.2. The van der Waals surface area contributed by atoms with Crippen LogP contribution < -0.4 is 10.6 Å². The zero-order chi connectivity index (χ0) is 18.6. The van der Waals surface area contributed by atoms with Gasteiger partial charge < -0.3 is 15.4 Å². The number of pyridine rings is 1. The van der Waals surface area contributed by atoms with E-state index in [1.807, 2.05) is 20.8 Å². The number of carbonyl (C=O) groups is 2. The Kier molecular flexibility index (Phi) is 5.64. The summed E-state index contributed by atoms with van der Waals surface area (Å²) >= 11 is 6.17. The van der Waals surface area contributed by atoms with Crippen LogP contribution in [0.15, 0.2) is 36.7 Å². The molecule has 6 nitrogen and oxygen atoms in total. The Bertz CT molecular complexity index is 800. The summed E-state index contributed by atoms with van der Waals surface area (Å²) in [5.41, 5.74) is 1.52. The lowest BCUT2D eigenvalue weighted by atomic mass is 10.1.